The van der Waals surface area contributed by atoms with Crippen LogP contribution in [0, 0.1) is 11.7 Å². The van der Waals surface area contributed by atoms with E-state index in [1.807, 2.05) is 30.1 Å². The Bertz CT molecular complexity index is 710. The fraction of sp³-hybridized carbons (Fsp3) is 0.526. The van der Waals surface area contributed by atoms with Gasteiger partial charge in [-0.2, -0.15) is 5.10 Å². The first-order chi connectivity index (χ1) is 11.7. The largest absolute Gasteiger partial charge is 0.380 e. The van der Waals surface area contributed by atoms with Gasteiger partial charge in [0.1, 0.15) is 5.82 Å². The van der Waals surface area contributed by atoms with Crippen molar-refractivity contribution in [3.05, 3.63) is 53.1 Å². The predicted octanol–water partition coefficient (Wildman–Crippen LogP) is 3.09. The third-order valence-electron chi connectivity index (χ3n) is 5.11. The molecule has 0 radical (unpaired) electrons. The first-order valence-corrected chi connectivity index (χ1v) is 8.75. The number of aromatic nitrogens is 2. The van der Waals surface area contributed by atoms with Crippen molar-refractivity contribution >= 4 is 0 Å². The third-order valence-corrected chi connectivity index (χ3v) is 5.11. The summed E-state index contributed by atoms with van der Waals surface area (Å²) >= 11 is 0. The summed E-state index contributed by atoms with van der Waals surface area (Å²) in [6.45, 7) is 3.91. The highest BCUT2D eigenvalue weighted by Crippen LogP contribution is 2.32. The van der Waals surface area contributed by atoms with Crippen molar-refractivity contribution in [2.75, 3.05) is 19.8 Å². The van der Waals surface area contributed by atoms with Crippen LogP contribution >= 0.6 is 0 Å². The third kappa shape index (κ3) is 3.37. The van der Waals surface area contributed by atoms with Gasteiger partial charge in [0.15, 0.2) is 0 Å². The molecule has 1 fully saturated rings. The van der Waals surface area contributed by atoms with Crippen LogP contribution in [0.25, 0.3) is 0 Å². The highest BCUT2D eigenvalue weighted by Gasteiger charge is 2.29. The van der Waals surface area contributed by atoms with Crippen LogP contribution in [0.3, 0.4) is 0 Å². The summed E-state index contributed by atoms with van der Waals surface area (Å²) in [5.74, 6) is 0.958. The molecule has 4 rings (SSSR count). The lowest BCUT2D eigenvalue weighted by molar-refractivity contribution is 0.0883. The molecule has 1 saturated carbocycles. The maximum atomic E-state index is 14.0. The predicted molar refractivity (Wildman–Crippen MR) is 90.0 cm³/mol. The van der Waals surface area contributed by atoms with Crippen LogP contribution in [-0.2, 0) is 24.9 Å². The molecule has 128 valence electrons. The Hall–Kier alpha value is -1.72. The van der Waals surface area contributed by atoms with Crippen LogP contribution in [0.4, 0.5) is 4.39 Å². The van der Waals surface area contributed by atoms with E-state index in [0.717, 1.165) is 37.8 Å². The van der Waals surface area contributed by atoms with Crippen LogP contribution in [-0.4, -0.2) is 34.4 Å². The number of hydrogen-bond donors (Lipinski definition) is 0. The van der Waals surface area contributed by atoms with Crippen molar-refractivity contribution in [3.63, 3.8) is 0 Å². The highest BCUT2D eigenvalue weighted by atomic mass is 19.1. The van der Waals surface area contributed by atoms with Crippen molar-refractivity contribution in [2.24, 2.45) is 13.0 Å². The van der Waals surface area contributed by atoms with Gasteiger partial charge in [-0.1, -0.05) is 18.2 Å². The number of aryl methyl sites for hydroxylation is 1. The van der Waals surface area contributed by atoms with Crippen LogP contribution in [0.2, 0.25) is 0 Å². The number of ether oxygens (including phenoxy) is 1. The van der Waals surface area contributed by atoms with E-state index >= 15 is 0 Å². The molecule has 2 heterocycles. The summed E-state index contributed by atoms with van der Waals surface area (Å²) < 4.78 is 21.9. The molecule has 1 aromatic heterocycles. The number of nitrogens with zero attached hydrogens (tertiary/aromatic N) is 3. The molecule has 24 heavy (non-hydrogen) atoms. The van der Waals surface area contributed by atoms with E-state index in [1.54, 1.807) is 6.07 Å². The summed E-state index contributed by atoms with van der Waals surface area (Å²) in [4.78, 5) is 2.30. The lowest BCUT2D eigenvalue weighted by Gasteiger charge is -2.33. The van der Waals surface area contributed by atoms with Gasteiger partial charge in [-0.05, 0) is 24.8 Å². The van der Waals surface area contributed by atoms with Crippen LogP contribution < -0.4 is 0 Å². The molecular formula is C19H24FN3O. The molecule has 2 aromatic rings. The fourth-order valence-corrected chi connectivity index (χ4v) is 3.49. The second-order valence-electron chi connectivity index (χ2n) is 7.11. The number of halogens is 1. The Labute approximate surface area is 142 Å². The minimum Gasteiger partial charge on any atom is -0.380 e. The first kappa shape index (κ1) is 15.8. The second-order valence-corrected chi connectivity index (χ2v) is 7.11. The van der Waals surface area contributed by atoms with Crippen molar-refractivity contribution in [1.82, 2.24) is 14.7 Å². The molecular weight excluding hydrogens is 305 g/mol. The molecule has 0 N–H and O–H groups in total. The molecule has 0 amide bonds. The van der Waals surface area contributed by atoms with Gasteiger partial charge in [0.2, 0.25) is 0 Å². The Morgan fingerprint density at radius 2 is 2.08 bits per heavy atom. The normalized spacial score (nSPS) is 21.0. The Morgan fingerprint density at radius 1 is 1.25 bits per heavy atom. The molecule has 4 nitrogen and oxygen atoms in total. The van der Waals surface area contributed by atoms with Gasteiger partial charge in [-0.15, -0.1) is 0 Å². The molecule has 0 unspecified atom stereocenters. The van der Waals surface area contributed by atoms with Crippen LogP contribution in [0.5, 0.6) is 0 Å². The maximum Gasteiger partial charge on any atom is 0.127 e. The monoisotopic (exact) mass is 329 g/mol. The summed E-state index contributed by atoms with van der Waals surface area (Å²) in [5.41, 5.74) is 3.26. The van der Waals surface area contributed by atoms with Gasteiger partial charge < -0.3 is 4.74 Å². The van der Waals surface area contributed by atoms with E-state index in [0.29, 0.717) is 12.5 Å². The average Bonchev–Trinajstić information content (AvgIpc) is 3.33. The van der Waals surface area contributed by atoms with Gasteiger partial charge in [0.05, 0.1) is 18.5 Å². The molecule has 0 saturated heterocycles. The van der Waals surface area contributed by atoms with E-state index in [4.69, 9.17) is 4.74 Å². The second kappa shape index (κ2) is 6.65. The number of fused-ring (bicyclic) bond motifs is 1. The van der Waals surface area contributed by atoms with Crippen molar-refractivity contribution < 1.29 is 9.13 Å². The molecule has 2 aliphatic rings. The zero-order valence-electron chi connectivity index (χ0n) is 14.1. The smallest absolute Gasteiger partial charge is 0.127 e. The molecule has 1 aliphatic heterocycles. The number of rotatable bonds is 6. The minimum atomic E-state index is -0.130. The minimum absolute atomic E-state index is 0.130. The fourth-order valence-electron chi connectivity index (χ4n) is 3.49. The molecule has 0 spiro atoms. The average molecular weight is 329 g/mol. The lowest BCUT2D eigenvalue weighted by atomic mass is 9.95. The van der Waals surface area contributed by atoms with Crippen molar-refractivity contribution in [1.29, 1.82) is 0 Å². The standard InChI is InChI=1S/C19H24FN3O/c1-22-19-11-23(9-15-4-2-3-5-18(15)20)10-16(17(19)8-21-22)13-24-12-14-6-7-14/h2-5,8,14,16H,6-7,9-13H2,1H3/t16-/m1/s1. The van der Waals surface area contributed by atoms with Crippen LogP contribution in [0.1, 0.15) is 35.6 Å². The summed E-state index contributed by atoms with van der Waals surface area (Å²) in [6, 6.07) is 7.04. The molecule has 0 bridgehead atoms. The van der Waals surface area contributed by atoms with E-state index in [-0.39, 0.29) is 5.82 Å². The van der Waals surface area contributed by atoms with Crippen molar-refractivity contribution in [3.8, 4) is 0 Å². The Balaban J connectivity index is 1.48. The summed E-state index contributed by atoms with van der Waals surface area (Å²) in [5, 5.41) is 4.42. The lowest BCUT2D eigenvalue weighted by Crippen LogP contribution is -2.35. The molecule has 1 aromatic carbocycles. The molecule has 5 heteroatoms. The van der Waals surface area contributed by atoms with Crippen LogP contribution in [0.15, 0.2) is 30.5 Å². The molecule has 1 aliphatic carbocycles. The Kier molecular flexibility index (Phi) is 4.37. The number of hydrogen-bond acceptors (Lipinski definition) is 3. The van der Waals surface area contributed by atoms with E-state index < -0.39 is 0 Å². The van der Waals surface area contributed by atoms with Gasteiger partial charge in [0, 0.05) is 50.3 Å². The highest BCUT2D eigenvalue weighted by molar-refractivity contribution is 5.26. The topological polar surface area (TPSA) is 30.3 Å². The maximum absolute atomic E-state index is 14.0. The van der Waals surface area contributed by atoms with E-state index in [1.165, 1.54) is 30.2 Å². The zero-order valence-corrected chi connectivity index (χ0v) is 14.1. The zero-order chi connectivity index (χ0) is 16.5. The van der Waals surface area contributed by atoms with Gasteiger partial charge in [-0.25, -0.2) is 4.39 Å². The molecule has 1 atom stereocenters. The SMILES string of the molecule is Cn1ncc2c1CN(Cc1ccccc1F)C[C@@H]2COCC1CC1. The Morgan fingerprint density at radius 3 is 2.88 bits per heavy atom. The summed E-state index contributed by atoms with van der Waals surface area (Å²) in [6.07, 6.45) is 4.59. The summed E-state index contributed by atoms with van der Waals surface area (Å²) in [7, 11) is 1.98. The van der Waals surface area contributed by atoms with Gasteiger partial charge in [-0.3, -0.25) is 9.58 Å². The van der Waals surface area contributed by atoms with E-state index in [2.05, 4.69) is 10.00 Å². The van der Waals surface area contributed by atoms with Gasteiger partial charge in [0.25, 0.3) is 0 Å². The quantitative estimate of drug-likeness (QED) is 0.816. The van der Waals surface area contributed by atoms with Crippen molar-refractivity contribution in [2.45, 2.75) is 31.8 Å². The van der Waals surface area contributed by atoms with E-state index in [9.17, 15) is 4.39 Å². The number of benzene rings is 1. The first-order valence-electron chi connectivity index (χ1n) is 8.75. The van der Waals surface area contributed by atoms with Gasteiger partial charge >= 0.3 is 0 Å².